The highest BCUT2D eigenvalue weighted by Crippen LogP contribution is 2.16. The van der Waals surface area contributed by atoms with Crippen LogP contribution in [0.5, 0.6) is 0 Å². The molecule has 0 aliphatic carbocycles. The lowest BCUT2D eigenvalue weighted by Gasteiger charge is -2.23. The van der Waals surface area contributed by atoms with Crippen molar-refractivity contribution in [2.45, 2.75) is 65.2 Å². The summed E-state index contributed by atoms with van der Waals surface area (Å²) in [6.45, 7) is 10.5. The van der Waals surface area contributed by atoms with Crippen molar-refractivity contribution in [3.8, 4) is 0 Å². The monoisotopic (exact) mass is 394 g/mol. The van der Waals surface area contributed by atoms with Crippen molar-refractivity contribution in [2.24, 2.45) is 0 Å². The quantitative estimate of drug-likeness (QED) is 0.584. The molecular weight excluding hydrogens is 364 g/mol. The minimum Gasteiger partial charge on any atom is -0.467 e. The molecule has 0 heterocycles. The van der Waals surface area contributed by atoms with Gasteiger partial charge < -0.3 is 19.5 Å². The van der Waals surface area contributed by atoms with Gasteiger partial charge in [0.2, 0.25) is 0 Å². The molecule has 0 radical (unpaired) electrons. The molecule has 1 unspecified atom stereocenters. The van der Waals surface area contributed by atoms with Crippen LogP contribution in [0.25, 0.3) is 0 Å². The van der Waals surface area contributed by atoms with Gasteiger partial charge in [-0.3, -0.25) is 5.32 Å². The van der Waals surface area contributed by atoms with Crippen LogP contribution in [-0.2, 0) is 25.4 Å². The molecule has 28 heavy (non-hydrogen) atoms. The first-order valence-electron chi connectivity index (χ1n) is 8.95. The highest BCUT2D eigenvalue weighted by Gasteiger charge is 2.25. The summed E-state index contributed by atoms with van der Waals surface area (Å²) in [5, 5.41) is 5.15. The van der Waals surface area contributed by atoms with Gasteiger partial charge in [0, 0.05) is 12.1 Å². The van der Waals surface area contributed by atoms with E-state index in [1.807, 2.05) is 0 Å². The van der Waals surface area contributed by atoms with Crippen LogP contribution in [0.3, 0.4) is 0 Å². The number of hydrogen-bond acceptors (Lipinski definition) is 6. The highest BCUT2D eigenvalue weighted by atomic mass is 16.6. The van der Waals surface area contributed by atoms with Crippen LogP contribution in [0.2, 0.25) is 0 Å². The van der Waals surface area contributed by atoms with E-state index < -0.39 is 35.4 Å². The second-order valence-corrected chi connectivity index (χ2v) is 8.25. The van der Waals surface area contributed by atoms with Crippen molar-refractivity contribution in [1.29, 1.82) is 0 Å². The SMILES string of the molecule is COC(=O)C(Cc1cccc(NC(=O)OC(C)(C)C)c1)NC(=O)OC(C)(C)C. The minimum atomic E-state index is -0.934. The fourth-order valence-electron chi connectivity index (χ4n) is 2.22. The molecule has 0 aliphatic heterocycles. The molecule has 2 N–H and O–H groups in total. The van der Waals surface area contributed by atoms with Crippen molar-refractivity contribution in [3.63, 3.8) is 0 Å². The number of hydrogen-bond donors (Lipinski definition) is 2. The normalized spacial score (nSPS) is 12.5. The summed E-state index contributed by atoms with van der Waals surface area (Å²) in [5.41, 5.74) is -0.0931. The average Bonchev–Trinajstić information content (AvgIpc) is 2.50. The lowest BCUT2D eigenvalue weighted by molar-refractivity contribution is -0.143. The van der Waals surface area contributed by atoms with Crippen molar-refractivity contribution in [3.05, 3.63) is 29.8 Å². The summed E-state index contributed by atoms with van der Waals surface area (Å²) in [6, 6.07) is 5.95. The molecule has 1 rings (SSSR count). The maximum atomic E-state index is 12.1. The Morgan fingerprint density at radius 2 is 1.54 bits per heavy atom. The molecule has 1 aromatic rings. The smallest absolute Gasteiger partial charge is 0.412 e. The summed E-state index contributed by atoms with van der Waals surface area (Å²) in [6.07, 6.45) is -1.14. The lowest BCUT2D eigenvalue weighted by atomic mass is 10.1. The second kappa shape index (κ2) is 9.43. The molecule has 0 saturated carbocycles. The zero-order chi connectivity index (χ0) is 21.5. The van der Waals surface area contributed by atoms with Crippen LogP contribution in [0, 0.1) is 0 Å². The molecule has 0 aliphatic rings. The number of methoxy groups -OCH3 is 1. The third kappa shape index (κ3) is 9.25. The van der Waals surface area contributed by atoms with Crippen LogP contribution < -0.4 is 10.6 Å². The second-order valence-electron chi connectivity index (χ2n) is 8.25. The maximum Gasteiger partial charge on any atom is 0.412 e. The van der Waals surface area contributed by atoms with Crippen LogP contribution in [0.4, 0.5) is 15.3 Å². The van der Waals surface area contributed by atoms with Crippen LogP contribution in [-0.4, -0.2) is 42.5 Å². The van der Waals surface area contributed by atoms with E-state index in [0.29, 0.717) is 11.3 Å². The Morgan fingerprint density at radius 3 is 2.07 bits per heavy atom. The molecule has 156 valence electrons. The molecule has 1 atom stereocenters. The van der Waals surface area contributed by atoms with Gasteiger partial charge in [-0.25, -0.2) is 14.4 Å². The Kier molecular flexibility index (Phi) is 7.84. The number of rotatable bonds is 5. The van der Waals surface area contributed by atoms with Crippen LogP contribution in [0.15, 0.2) is 24.3 Å². The molecule has 2 amide bonds. The minimum absolute atomic E-state index is 0.162. The Bertz CT molecular complexity index is 703. The van der Waals surface area contributed by atoms with E-state index in [0.717, 1.165) is 0 Å². The van der Waals surface area contributed by atoms with Crippen molar-refractivity contribution < 1.29 is 28.6 Å². The predicted molar refractivity (Wildman–Crippen MR) is 105 cm³/mol. The van der Waals surface area contributed by atoms with E-state index in [2.05, 4.69) is 10.6 Å². The lowest BCUT2D eigenvalue weighted by Crippen LogP contribution is -2.45. The molecule has 1 aromatic carbocycles. The number of anilines is 1. The van der Waals surface area contributed by atoms with Gasteiger partial charge in [-0.2, -0.15) is 0 Å². The molecule has 0 fully saturated rings. The Hall–Kier alpha value is -2.77. The molecule has 8 nitrogen and oxygen atoms in total. The van der Waals surface area contributed by atoms with E-state index in [1.165, 1.54) is 7.11 Å². The van der Waals surface area contributed by atoms with E-state index in [-0.39, 0.29) is 6.42 Å². The highest BCUT2D eigenvalue weighted by molar-refractivity contribution is 5.85. The Morgan fingerprint density at radius 1 is 0.964 bits per heavy atom. The third-order valence-corrected chi connectivity index (χ3v) is 3.19. The van der Waals surface area contributed by atoms with Crippen LogP contribution in [0.1, 0.15) is 47.1 Å². The Balaban J connectivity index is 2.85. The maximum absolute atomic E-state index is 12.1. The molecular formula is C20H30N2O6. The summed E-state index contributed by atoms with van der Waals surface area (Å²) >= 11 is 0. The topological polar surface area (TPSA) is 103 Å². The molecule has 0 saturated heterocycles. The number of carbonyl (C=O) groups excluding carboxylic acids is 3. The fourth-order valence-corrected chi connectivity index (χ4v) is 2.22. The van der Waals surface area contributed by atoms with Gasteiger partial charge >= 0.3 is 18.2 Å². The zero-order valence-corrected chi connectivity index (χ0v) is 17.5. The van der Waals surface area contributed by atoms with E-state index >= 15 is 0 Å². The number of carbonyl (C=O) groups is 3. The first kappa shape index (κ1) is 23.3. The van der Waals surface area contributed by atoms with Gasteiger partial charge in [0.05, 0.1) is 7.11 Å². The van der Waals surface area contributed by atoms with Crippen molar-refractivity contribution in [1.82, 2.24) is 5.32 Å². The van der Waals surface area contributed by atoms with Gasteiger partial charge in [0.1, 0.15) is 17.2 Å². The first-order chi connectivity index (χ1) is 12.8. The summed E-state index contributed by atoms with van der Waals surface area (Å²) in [5.74, 6) is -0.601. The third-order valence-electron chi connectivity index (χ3n) is 3.19. The van der Waals surface area contributed by atoms with Gasteiger partial charge in [-0.05, 0) is 59.2 Å². The summed E-state index contributed by atoms with van der Waals surface area (Å²) in [7, 11) is 1.24. The van der Waals surface area contributed by atoms with E-state index in [9.17, 15) is 14.4 Å². The largest absolute Gasteiger partial charge is 0.467 e. The number of benzene rings is 1. The van der Waals surface area contributed by atoms with E-state index in [1.54, 1.807) is 65.8 Å². The van der Waals surface area contributed by atoms with Gasteiger partial charge in [-0.1, -0.05) is 12.1 Å². The summed E-state index contributed by atoms with van der Waals surface area (Å²) < 4.78 is 15.2. The average molecular weight is 394 g/mol. The zero-order valence-electron chi connectivity index (χ0n) is 17.5. The molecule has 0 bridgehead atoms. The first-order valence-corrected chi connectivity index (χ1v) is 8.95. The van der Waals surface area contributed by atoms with Crippen molar-refractivity contribution >= 4 is 23.8 Å². The number of nitrogens with one attached hydrogen (secondary N) is 2. The van der Waals surface area contributed by atoms with Crippen molar-refractivity contribution in [2.75, 3.05) is 12.4 Å². The van der Waals surface area contributed by atoms with Gasteiger partial charge in [0.15, 0.2) is 0 Å². The standard InChI is InChI=1S/C20H30N2O6/c1-19(2,3)27-17(24)21-14-10-8-9-13(11-14)12-15(16(23)26-7)22-18(25)28-20(4,5)6/h8-11,15H,12H2,1-7H3,(H,21,24)(H,22,25). The predicted octanol–water partition coefficient (Wildman–Crippen LogP) is 3.64. The van der Waals surface area contributed by atoms with Crippen LogP contribution >= 0.6 is 0 Å². The fraction of sp³-hybridized carbons (Fsp3) is 0.550. The number of amides is 2. The van der Waals surface area contributed by atoms with E-state index in [4.69, 9.17) is 14.2 Å². The summed E-state index contributed by atoms with van der Waals surface area (Å²) in [4.78, 5) is 36.0. The molecule has 0 aromatic heterocycles. The number of ether oxygens (including phenoxy) is 3. The molecule has 8 heteroatoms. The van der Waals surface area contributed by atoms with Gasteiger partial charge in [0.25, 0.3) is 0 Å². The number of alkyl carbamates (subject to hydrolysis) is 1. The molecule has 0 spiro atoms. The number of esters is 1. The Labute approximate surface area is 165 Å². The van der Waals surface area contributed by atoms with Gasteiger partial charge in [-0.15, -0.1) is 0 Å².